The molecule has 3 rings (SSSR count). The molecule has 1 spiro atoms. The Morgan fingerprint density at radius 1 is 1.11 bits per heavy atom. The van der Waals surface area contributed by atoms with Gasteiger partial charge in [0.2, 0.25) is 17.7 Å². The largest absolute Gasteiger partial charge is 0.356 e. The van der Waals surface area contributed by atoms with Crippen LogP contribution < -0.4 is 10.6 Å². The first kappa shape index (κ1) is 19.4. The van der Waals surface area contributed by atoms with Gasteiger partial charge in [0.15, 0.2) is 0 Å². The molecule has 3 amide bonds. The highest BCUT2D eigenvalue weighted by Gasteiger charge is 2.45. The molecule has 1 atom stereocenters. The molecule has 1 aromatic carbocycles. The van der Waals surface area contributed by atoms with Gasteiger partial charge in [0.25, 0.3) is 0 Å². The average Bonchev–Trinajstić information content (AvgIpc) is 2.92. The van der Waals surface area contributed by atoms with E-state index in [1.54, 1.807) is 6.92 Å². The second-order valence-electron chi connectivity index (χ2n) is 7.79. The number of carbonyl (C=O) groups excluding carboxylic acids is 3. The van der Waals surface area contributed by atoms with E-state index in [9.17, 15) is 14.4 Å². The molecule has 1 unspecified atom stereocenters. The molecule has 6 heteroatoms. The summed E-state index contributed by atoms with van der Waals surface area (Å²) in [6.45, 7) is 5.10. The van der Waals surface area contributed by atoms with Crippen molar-refractivity contribution in [2.75, 3.05) is 19.6 Å². The zero-order valence-corrected chi connectivity index (χ0v) is 16.2. The van der Waals surface area contributed by atoms with Gasteiger partial charge in [-0.1, -0.05) is 24.3 Å². The predicted octanol–water partition coefficient (Wildman–Crippen LogP) is 2.04. The zero-order chi connectivity index (χ0) is 19.4. The van der Waals surface area contributed by atoms with Gasteiger partial charge < -0.3 is 15.5 Å². The SMILES string of the molecule is CC(=O)NCCCC(=O)N1CCC2(CC1)CC(NC(C)=O)c1ccccc12. The molecule has 27 heavy (non-hydrogen) atoms. The fraction of sp³-hybridized carbons (Fsp3) is 0.571. The molecule has 0 radical (unpaired) electrons. The first-order chi connectivity index (χ1) is 12.9. The average molecular weight is 371 g/mol. The molecule has 0 bridgehead atoms. The van der Waals surface area contributed by atoms with E-state index in [-0.39, 0.29) is 29.2 Å². The molecule has 1 fully saturated rings. The highest BCUT2D eigenvalue weighted by molar-refractivity contribution is 5.77. The van der Waals surface area contributed by atoms with Crippen LogP contribution in [0.15, 0.2) is 24.3 Å². The van der Waals surface area contributed by atoms with Gasteiger partial charge in [-0.25, -0.2) is 0 Å². The predicted molar refractivity (Wildman–Crippen MR) is 103 cm³/mol. The lowest BCUT2D eigenvalue weighted by Crippen LogP contribution is -2.44. The normalized spacial score (nSPS) is 20.2. The maximum absolute atomic E-state index is 12.5. The minimum Gasteiger partial charge on any atom is -0.356 e. The van der Waals surface area contributed by atoms with Crippen LogP contribution >= 0.6 is 0 Å². The van der Waals surface area contributed by atoms with Crippen molar-refractivity contribution in [2.45, 2.75) is 57.4 Å². The van der Waals surface area contributed by atoms with Crippen molar-refractivity contribution in [3.8, 4) is 0 Å². The van der Waals surface area contributed by atoms with Crippen LogP contribution in [0.25, 0.3) is 0 Å². The van der Waals surface area contributed by atoms with Gasteiger partial charge in [0.05, 0.1) is 6.04 Å². The Morgan fingerprint density at radius 2 is 1.81 bits per heavy atom. The van der Waals surface area contributed by atoms with E-state index < -0.39 is 0 Å². The fourth-order valence-electron chi connectivity index (χ4n) is 4.59. The summed E-state index contributed by atoms with van der Waals surface area (Å²) in [4.78, 5) is 36.9. The summed E-state index contributed by atoms with van der Waals surface area (Å²) in [5.41, 5.74) is 2.61. The number of likely N-dealkylation sites (tertiary alicyclic amines) is 1. The number of rotatable bonds is 5. The van der Waals surface area contributed by atoms with Gasteiger partial charge in [-0.2, -0.15) is 0 Å². The van der Waals surface area contributed by atoms with Gasteiger partial charge >= 0.3 is 0 Å². The van der Waals surface area contributed by atoms with Gasteiger partial charge in [0.1, 0.15) is 0 Å². The molecule has 2 aliphatic rings. The smallest absolute Gasteiger partial charge is 0.222 e. The Kier molecular flexibility index (Phi) is 5.82. The lowest BCUT2D eigenvalue weighted by molar-refractivity contribution is -0.133. The van der Waals surface area contributed by atoms with Crippen LogP contribution in [0.2, 0.25) is 0 Å². The minimum absolute atomic E-state index is 0.00126. The summed E-state index contributed by atoms with van der Waals surface area (Å²) < 4.78 is 0. The number of nitrogens with zero attached hydrogens (tertiary/aromatic N) is 1. The van der Waals surface area contributed by atoms with Crippen molar-refractivity contribution in [2.24, 2.45) is 0 Å². The van der Waals surface area contributed by atoms with Crippen molar-refractivity contribution in [3.05, 3.63) is 35.4 Å². The quantitative estimate of drug-likeness (QED) is 0.778. The standard InChI is InChI=1S/C21H29N3O3/c1-15(25)22-11-5-8-20(27)24-12-9-21(10-13-24)14-19(23-16(2)26)17-6-3-4-7-18(17)21/h3-4,6-7,19H,5,8-14H2,1-2H3,(H,22,25)(H,23,26). The Balaban J connectivity index is 1.60. The number of piperidine rings is 1. The van der Waals surface area contributed by atoms with Crippen molar-refractivity contribution in [3.63, 3.8) is 0 Å². The lowest BCUT2D eigenvalue weighted by atomic mass is 9.73. The van der Waals surface area contributed by atoms with Crippen LogP contribution in [0, 0.1) is 0 Å². The topological polar surface area (TPSA) is 78.5 Å². The second kappa shape index (κ2) is 8.11. The van der Waals surface area contributed by atoms with Crippen molar-refractivity contribution in [1.82, 2.24) is 15.5 Å². The fourth-order valence-corrected chi connectivity index (χ4v) is 4.59. The zero-order valence-electron chi connectivity index (χ0n) is 16.2. The maximum Gasteiger partial charge on any atom is 0.222 e. The second-order valence-corrected chi connectivity index (χ2v) is 7.79. The van der Waals surface area contributed by atoms with Gasteiger partial charge in [-0.05, 0) is 36.8 Å². The van der Waals surface area contributed by atoms with E-state index in [4.69, 9.17) is 0 Å². The Morgan fingerprint density at radius 3 is 2.48 bits per heavy atom. The summed E-state index contributed by atoms with van der Waals surface area (Å²) in [7, 11) is 0. The minimum atomic E-state index is -0.0593. The molecule has 1 heterocycles. The number of amides is 3. The number of hydrogen-bond acceptors (Lipinski definition) is 3. The lowest BCUT2D eigenvalue weighted by Gasteiger charge is -2.40. The highest BCUT2D eigenvalue weighted by atomic mass is 16.2. The Bertz CT molecular complexity index is 723. The van der Waals surface area contributed by atoms with E-state index in [1.807, 2.05) is 11.0 Å². The third-order valence-electron chi connectivity index (χ3n) is 5.89. The van der Waals surface area contributed by atoms with E-state index in [1.165, 1.54) is 18.1 Å². The number of benzene rings is 1. The third kappa shape index (κ3) is 4.31. The molecule has 2 N–H and O–H groups in total. The molecule has 146 valence electrons. The third-order valence-corrected chi connectivity index (χ3v) is 5.89. The van der Waals surface area contributed by atoms with Crippen LogP contribution in [-0.4, -0.2) is 42.3 Å². The number of hydrogen-bond donors (Lipinski definition) is 2. The van der Waals surface area contributed by atoms with Crippen molar-refractivity contribution in [1.29, 1.82) is 0 Å². The summed E-state index contributed by atoms with van der Waals surface area (Å²) >= 11 is 0. The Hall–Kier alpha value is -2.37. The van der Waals surface area contributed by atoms with E-state index >= 15 is 0 Å². The number of carbonyl (C=O) groups is 3. The van der Waals surface area contributed by atoms with Crippen LogP contribution in [-0.2, 0) is 19.8 Å². The molecule has 0 aromatic heterocycles. The van der Waals surface area contributed by atoms with Gasteiger partial charge in [-0.3, -0.25) is 14.4 Å². The van der Waals surface area contributed by atoms with Crippen LogP contribution in [0.5, 0.6) is 0 Å². The summed E-state index contributed by atoms with van der Waals surface area (Å²) in [6, 6.07) is 8.46. The van der Waals surface area contributed by atoms with E-state index in [0.29, 0.717) is 19.4 Å². The molecule has 1 aliphatic heterocycles. The first-order valence-corrected chi connectivity index (χ1v) is 9.80. The highest BCUT2D eigenvalue weighted by Crippen LogP contribution is 2.50. The van der Waals surface area contributed by atoms with Crippen LogP contribution in [0.3, 0.4) is 0 Å². The first-order valence-electron chi connectivity index (χ1n) is 9.80. The molecular formula is C21H29N3O3. The number of fused-ring (bicyclic) bond motifs is 2. The molecular weight excluding hydrogens is 342 g/mol. The van der Waals surface area contributed by atoms with Crippen molar-refractivity contribution < 1.29 is 14.4 Å². The summed E-state index contributed by atoms with van der Waals surface area (Å²) in [6.07, 6.45) is 3.91. The summed E-state index contributed by atoms with van der Waals surface area (Å²) in [5.74, 6) is 0.106. The monoisotopic (exact) mass is 371 g/mol. The van der Waals surface area contributed by atoms with Crippen LogP contribution in [0.4, 0.5) is 0 Å². The van der Waals surface area contributed by atoms with E-state index in [0.717, 1.165) is 32.4 Å². The molecule has 1 aromatic rings. The molecule has 0 saturated carbocycles. The Labute approximate surface area is 160 Å². The summed E-state index contributed by atoms with van der Waals surface area (Å²) in [5, 5.41) is 5.82. The number of nitrogens with one attached hydrogen (secondary N) is 2. The van der Waals surface area contributed by atoms with Gasteiger partial charge in [0, 0.05) is 45.3 Å². The molecule has 6 nitrogen and oxygen atoms in total. The maximum atomic E-state index is 12.5. The van der Waals surface area contributed by atoms with Gasteiger partial charge in [-0.15, -0.1) is 0 Å². The molecule has 1 saturated heterocycles. The van der Waals surface area contributed by atoms with E-state index in [2.05, 4.69) is 28.8 Å². The molecule has 1 aliphatic carbocycles. The van der Waals surface area contributed by atoms with Crippen molar-refractivity contribution >= 4 is 17.7 Å². The van der Waals surface area contributed by atoms with Crippen LogP contribution in [0.1, 0.15) is 63.1 Å².